The molecule has 0 spiro atoms. The summed E-state index contributed by atoms with van der Waals surface area (Å²) in [6.45, 7) is 6.74. The van der Waals surface area contributed by atoms with Gasteiger partial charge in [0, 0.05) is 85.5 Å². The molecule has 3 saturated heterocycles. The number of carboxylic acid groups (broad SMARTS) is 1. The van der Waals surface area contributed by atoms with Crippen LogP contribution in [0.5, 0.6) is 0 Å². The molecule has 2 unspecified atom stereocenters. The molecular weight excluding hydrogens is 772 g/mol. The summed E-state index contributed by atoms with van der Waals surface area (Å²) in [5, 5.41) is 12.3. The molecule has 270 valence electrons. The van der Waals surface area contributed by atoms with Gasteiger partial charge in [0.25, 0.3) is 0 Å². The van der Waals surface area contributed by atoms with Crippen molar-refractivity contribution in [3.63, 3.8) is 0 Å². The maximum atomic E-state index is 14.2. The minimum absolute atomic E-state index is 0.0279. The van der Waals surface area contributed by atoms with E-state index in [2.05, 4.69) is 47.0 Å². The molecule has 14 heteroatoms. The lowest BCUT2D eigenvalue weighted by molar-refractivity contribution is -0.144. The molecule has 50 heavy (non-hydrogen) atoms. The first kappa shape index (κ1) is 36.6. The number of rotatable bonds is 8. The Morgan fingerprint density at radius 2 is 1.58 bits per heavy atom. The van der Waals surface area contributed by atoms with Crippen LogP contribution in [-0.4, -0.2) is 125 Å². The van der Waals surface area contributed by atoms with Crippen molar-refractivity contribution in [2.24, 2.45) is 5.92 Å². The van der Waals surface area contributed by atoms with Crippen LogP contribution in [0.1, 0.15) is 48.8 Å². The standard InChI is InChI=1S/C36H46Br2N6O6/c1-23-29(37)18-24(19-30(23)38)17-26(34(46)42-13-9-27(10-14-42)43-16-15-40(2)22-33(43)50-36(48)49)20-32(45)41-11-7-28(8-12-41)44-21-25-5-3-4-6-31(25)39-35(44)47/h3-6,18-19,26-28,33H,7-17,20-22H2,1-2H3,(H,39,47)(H,48,49). The number of likely N-dealkylation sites (tertiary alicyclic amines) is 2. The van der Waals surface area contributed by atoms with E-state index in [0.29, 0.717) is 77.9 Å². The second kappa shape index (κ2) is 16.0. The maximum Gasteiger partial charge on any atom is 0.507 e. The van der Waals surface area contributed by atoms with Gasteiger partial charge < -0.3 is 34.8 Å². The summed E-state index contributed by atoms with van der Waals surface area (Å²) in [5.74, 6) is -0.601. The van der Waals surface area contributed by atoms with Gasteiger partial charge >= 0.3 is 12.2 Å². The normalized spacial score (nSPS) is 21.8. The van der Waals surface area contributed by atoms with Gasteiger partial charge in [-0.1, -0.05) is 50.1 Å². The molecule has 4 aliphatic heterocycles. The highest BCUT2D eigenvalue weighted by molar-refractivity contribution is 9.11. The van der Waals surface area contributed by atoms with Gasteiger partial charge in [-0.05, 0) is 81.0 Å². The van der Waals surface area contributed by atoms with Crippen LogP contribution in [-0.2, 0) is 27.3 Å². The Balaban J connectivity index is 1.10. The lowest BCUT2D eigenvalue weighted by Crippen LogP contribution is -2.59. The molecule has 6 rings (SSSR count). The van der Waals surface area contributed by atoms with Gasteiger partial charge in [-0.3, -0.25) is 14.5 Å². The third-order valence-corrected chi connectivity index (χ3v) is 12.4. The summed E-state index contributed by atoms with van der Waals surface area (Å²) < 4.78 is 7.13. The topological polar surface area (TPSA) is 126 Å². The van der Waals surface area contributed by atoms with Crippen LogP contribution >= 0.6 is 31.9 Å². The first-order valence-electron chi connectivity index (χ1n) is 17.5. The van der Waals surface area contributed by atoms with Gasteiger partial charge in [0.1, 0.15) is 0 Å². The second-order valence-corrected chi connectivity index (χ2v) is 15.7. The van der Waals surface area contributed by atoms with Crippen LogP contribution < -0.4 is 5.32 Å². The van der Waals surface area contributed by atoms with Crippen molar-refractivity contribution in [1.29, 1.82) is 0 Å². The number of piperidine rings is 2. The molecule has 3 fully saturated rings. The summed E-state index contributed by atoms with van der Waals surface area (Å²) in [6, 6.07) is 11.9. The Labute approximate surface area is 310 Å². The Kier molecular flexibility index (Phi) is 11.7. The van der Waals surface area contributed by atoms with Crippen molar-refractivity contribution in [3.8, 4) is 0 Å². The third-order valence-electron chi connectivity index (χ3n) is 10.8. The molecule has 0 bridgehead atoms. The molecule has 4 aliphatic rings. The number of nitrogens with zero attached hydrogens (tertiary/aromatic N) is 5. The highest BCUT2D eigenvalue weighted by Crippen LogP contribution is 2.31. The number of fused-ring (bicyclic) bond motifs is 1. The number of hydrogen-bond donors (Lipinski definition) is 2. The molecule has 2 aromatic carbocycles. The molecule has 0 radical (unpaired) electrons. The monoisotopic (exact) mass is 816 g/mol. The predicted octanol–water partition coefficient (Wildman–Crippen LogP) is 5.37. The molecule has 2 atom stereocenters. The molecule has 4 amide bonds. The van der Waals surface area contributed by atoms with Crippen LogP contribution in [0.4, 0.5) is 15.3 Å². The summed E-state index contributed by atoms with van der Waals surface area (Å²) in [7, 11) is 1.96. The van der Waals surface area contributed by atoms with E-state index in [1.165, 1.54) is 0 Å². The van der Waals surface area contributed by atoms with Crippen LogP contribution in [0.25, 0.3) is 0 Å². The molecule has 0 aliphatic carbocycles. The SMILES string of the molecule is Cc1c(Br)cc(CC(CC(=O)N2CCC(N3Cc4ccccc4NC3=O)CC2)C(=O)N2CCC(N3CCN(C)CC3OC(=O)O)CC2)cc1Br. The molecule has 0 aromatic heterocycles. The van der Waals surface area contributed by atoms with Crippen LogP contribution in [0, 0.1) is 12.8 Å². The lowest BCUT2D eigenvalue weighted by atomic mass is 9.91. The number of benzene rings is 2. The first-order valence-corrected chi connectivity index (χ1v) is 19.1. The molecule has 2 N–H and O–H groups in total. The van der Waals surface area contributed by atoms with Crippen molar-refractivity contribution in [2.75, 3.05) is 58.2 Å². The van der Waals surface area contributed by atoms with E-state index < -0.39 is 18.3 Å². The number of halogens is 2. The number of anilines is 1. The van der Waals surface area contributed by atoms with Gasteiger partial charge in [0.15, 0.2) is 6.23 Å². The average Bonchev–Trinajstić information content (AvgIpc) is 3.09. The maximum absolute atomic E-state index is 14.2. The number of amides is 4. The van der Waals surface area contributed by atoms with Crippen LogP contribution in [0.15, 0.2) is 45.3 Å². The quantitative estimate of drug-likeness (QED) is 0.341. The van der Waals surface area contributed by atoms with Gasteiger partial charge in [0.05, 0.1) is 5.92 Å². The van der Waals surface area contributed by atoms with Crippen molar-refractivity contribution in [2.45, 2.75) is 70.3 Å². The largest absolute Gasteiger partial charge is 0.507 e. The number of likely N-dealkylation sites (N-methyl/N-ethyl adjacent to an activating group) is 1. The number of para-hydroxylation sites is 1. The highest BCUT2D eigenvalue weighted by atomic mass is 79.9. The fourth-order valence-electron chi connectivity index (χ4n) is 7.84. The molecule has 4 heterocycles. The Bertz CT molecular complexity index is 1570. The second-order valence-electron chi connectivity index (χ2n) is 14.0. The van der Waals surface area contributed by atoms with Gasteiger partial charge in [-0.2, -0.15) is 0 Å². The van der Waals surface area contributed by atoms with Crippen LogP contribution in [0.3, 0.4) is 0 Å². The van der Waals surface area contributed by atoms with Crippen LogP contribution in [0.2, 0.25) is 0 Å². The van der Waals surface area contributed by atoms with E-state index >= 15 is 0 Å². The third kappa shape index (κ3) is 8.46. The van der Waals surface area contributed by atoms with Crippen molar-refractivity contribution in [3.05, 3.63) is 62.0 Å². The number of hydrogen-bond acceptors (Lipinski definition) is 7. The zero-order chi connectivity index (χ0) is 35.5. The predicted molar refractivity (Wildman–Crippen MR) is 196 cm³/mol. The van der Waals surface area contributed by atoms with E-state index in [9.17, 15) is 24.3 Å². The summed E-state index contributed by atoms with van der Waals surface area (Å²) in [5.41, 5.74) is 3.97. The zero-order valence-corrected chi connectivity index (χ0v) is 31.8. The highest BCUT2D eigenvalue weighted by Gasteiger charge is 2.38. The van der Waals surface area contributed by atoms with Gasteiger partial charge in [-0.25, -0.2) is 9.59 Å². The molecule has 2 aromatic rings. The molecule has 12 nitrogen and oxygen atoms in total. The van der Waals surface area contributed by atoms with E-state index in [0.717, 1.165) is 37.9 Å². The number of carbonyl (C=O) groups is 4. The fraction of sp³-hybridized carbons (Fsp3) is 0.556. The fourth-order valence-corrected chi connectivity index (χ4v) is 9.12. The van der Waals surface area contributed by atoms with E-state index in [1.807, 2.05) is 65.1 Å². The minimum atomic E-state index is -1.28. The summed E-state index contributed by atoms with van der Waals surface area (Å²) >= 11 is 7.29. The van der Waals surface area contributed by atoms with E-state index in [1.54, 1.807) is 0 Å². The smallest absolute Gasteiger partial charge is 0.450 e. The lowest BCUT2D eigenvalue weighted by Gasteiger charge is -2.45. The number of piperazine rings is 1. The summed E-state index contributed by atoms with van der Waals surface area (Å²) in [4.78, 5) is 62.3. The number of carbonyl (C=O) groups excluding carboxylic acids is 3. The van der Waals surface area contributed by atoms with Crippen molar-refractivity contribution in [1.82, 2.24) is 24.5 Å². The van der Waals surface area contributed by atoms with Crippen molar-refractivity contribution < 1.29 is 29.0 Å². The summed E-state index contributed by atoms with van der Waals surface area (Å²) in [6.07, 6.45) is 1.51. The average molecular weight is 819 g/mol. The number of urea groups is 1. The van der Waals surface area contributed by atoms with Gasteiger partial charge in [0.2, 0.25) is 11.8 Å². The van der Waals surface area contributed by atoms with Crippen molar-refractivity contribution >= 4 is 61.5 Å². The van der Waals surface area contributed by atoms with Gasteiger partial charge in [-0.15, -0.1) is 0 Å². The van der Waals surface area contributed by atoms with E-state index in [4.69, 9.17) is 4.74 Å². The Hall–Kier alpha value is -3.20. The molecular formula is C36H46Br2N6O6. The first-order chi connectivity index (χ1) is 24.0. The number of ether oxygens (including phenoxy) is 1. The zero-order valence-electron chi connectivity index (χ0n) is 28.7. The molecule has 0 saturated carbocycles. The number of nitrogens with one attached hydrogen (secondary N) is 1. The minimum Gasteiger partial charge on any atom is -0.450 e. The van der Waals surface area contributed by atoms with E-state index in [-0.39, 0.29) is 36.3 Å². The Morgan fingerprint density at radius 1 is 0.940 bits per heavy atom. The Morgan fingerprint density at radius 3 is 2.26 bits per heavy atom.